The number of carbonyl (C=O) groups excluding carboxylic acids is 1. The normalized spacial score (nSPS) is 17.1. The van der Waals surface area contributed by atoms with Gasteiger partial charge in [0.1, 0.15) is 6.61 Å². The van der Waals surface area contributed by atoms with Crippen molar-refractivity contribution in [2.24, 2.45) is 11.1 Å². The summed E-state index contributed by atoms with van der Waals surface area (Å²) < 4.78 is 40.8. The molecule has 0 heterocycles. The Labute approximate surface area is 152 Å². The second-order valence-corrected chi connectivity index (χ2v) is 7.14. The number of benzene rings is 1. The van der Waals surface area contributed by atoms with E-state index in [0.717, 1.165) is 31.2 Å². The molecule has 2 rings (SSSR count). The smallest absolute Gasteiger partial charge is 0.367 e. The summed E-state index contributed by atoms with van der Waals surface area (Å²) in [4.78, 5) is 12.3. The van der Waals surface area contributed by atoms with Crippen LogP contribution in [0.1, 0.15) is 49.7 Å². The number of carbonyl (C=O) groups is 1. The van der Waals surface area contributed by atoms with E-state index in [1.807, 2.05) is 0 Å². The van der Waals surface area contributed by atoms with Crippen molar-refractivity contribution in [1.82, 2.24) is 5.32 Å². The summed E-state index contributed by atoms with van der Waals surface area (Å²) in [5.41, 5.74) is 7.40. The van der Waals surface area contributed by atoms with Crippen molar-refractivity contribution in [2.75, 3.05) is 13.2 Å². The fourth-order valence-corrected chi connectivity index (χ4v) is 3.40. The van der Waals surface area contributed by atoms with Gasteiger partial charge in [0.05, 0.1) is 6.61 Å². The van der Waals surface area contributed by atoms with E-state index in [4.69, 9.17) is 5.73 Å². The lowest BCUT2D eigenvalue weighted by molar-refractivity contribution is -0.176. The van der Waals surface area contributed by atoms with Crippen molar-refractivity contribution in [3.63, 3.8) is 0 Å². The molecule has 1 amide bonds. The van der Waals surface area contributed by atoms with Crippen LogP contribution in [0.2, 0.25) is 0 Å². The number of hydrogen-bond donors (Lipinski definition) is 2. The van der Waals surface area contributed by atoms with Crippen molar-refractivity contribution in [3.05, 3.63) is 35.4 Å². The Hall–Kier alpha value is -1.60. The second-order valence-electron chi connectivity index (χ2n) is 7.14. The van der Waals surface area contributed by atoms with E-state index in [1.54, 1.807) is 24.3 Å². The summed E-state index contributed by atoms with van der Waals surface area (Å²) in [6.45, 7) is -0.422. The van der Waals surface area contributed by atoms with Crippen LogP contribution in [0.4, 0.5) is 13.2 Å². The summed E-state index contributed by atoms with van der Waals surface area (Å²) in [6, 6.07) is 6.98. The van der Waals surface area contributed by atoms with Gasteiger partial charge in [0, 0.05) is 13.0 Å². The number of amides is 1. The Balaban J connectivity index is 1.75. The first-order valence-corrected chi connectivity index (χ1v) is 9.01. The lowest BCUT2D eigenvalue weighted by Gasteiger charge is -2.35. The van der Waals surface area contributed by atoms with Crippen LogP contribution in [0.5, 0.6) is 0 Å². The molecule has 0 unspecified atom stereocenters. The minimum absolute atomic E-state index is 0.00469. The molecule has 26 heavy (non-hydrogen) atoms. The molecule has 0 atom stereocenters. The van der Waals surface area contributed by atoms with Crippen molar-refractivity contribution >= 4 is 5.91 Å². The zero-order chi connectivity index (χ0) is 19.0. The van der Waals surface area contributed by atoms with Crippen molar-refractivity contribution in [1.29, 1.82) is 0 Å². The van der Waals surface area contributed by atoms with Gasteiger partial charge in [-0.05, 0) is 35.9 Å². The van der Waals surface area contributed by atoms with Crippen LogP contribution in [0.15, 0.2) is 24.3 Å². The van der Waals surface area contributed by atoms with E-state index in [2.05, 4.69) is 10.1 Å². The van der Waals surface area contributed by atoms with Gasteiger partial charge in [-0.15, -0.1) is 0 Å². The largest absolute Gasteiger partial charge is 0.411 e. The van der Waals surface area contributed by atoms with Gasteiger partial charge in [-0.3, -0.25) is 4.79 Å². The highest BCUT2D eigenvalue weighted by Crippen LogP contribution is 2.38. The van der Waals surface area contributed by atoms with Crippen LogP contribution >= 0.6 is 0 Å². The maximum Gasteiger partial charge on any atom is 0.411 e. The van der Waals surface area contributed by atoms with Gasteiger partial charge >= 0.3 is 6.18 Å². The lowest BCUT2D eigenvalue weighted by atomic mass is 9.71. The minimum atomic E-state index is -4.32. The van der Waals surface area contributed by atoms with E-state index in [1.165, 1.54) is 6.42 Å². The number of nitrogens with one attached hydrogen (secondary N) is 1. The summed E-state index contributed by atoms with van der Waals surface area (Å²) in [6.07, 6.45) is 1.61. The van der Waals surface area contributed by atoms with E-state index in [0.29, 0.717) is 25.1 Å². The van der Waals surface area contributed by atoms with E-state index >= 15 is 0 Å². The van der Waals surface area contributed by atoms with Gasteiger partial charge in [-0.25, -0.2) is 0 Å². The molecule has 1 aliphatic carbocycles. The Kier molecular flexibility index (Phi) is 7.46. The average Bonchev–Trinajstić information content (AvgIpc) is 2.61. The highest BCUT2D eigenvalue weighted by Gasteiger charge is 2.32. The predicted octanol–water partition coefficient (Wildman–Crippen LogP) is 3.68. The summed E-state index contributed by atoms with van der Waals surface area (Å²) in [5, 5.41) is 2.91. The summed E-state index contributed by atoms with van der Waals surface area (Å²) >= 11 is 0. The van der Waals surface area contributed by atoms with Gasteiger partial charge in [0.2, 0.25) is 5.91 Å². The molecule has 0 spiro atoms. The van der Waals surface area contributed by atoms with Crippen molar-refractivity contribution in [3.8, 4) is 0 Å². The van der Waals surface area contributed by atoms with Gasteiger partial charge in [0.15, 0.2) is 0 Å². The molecular weight excluding hydrogens is 345 g/mol. The highest BCUT2D eigenvalue weighted by atomic mass is 19.4. The molecule has 1 aromatic rings. The molecule has 0 aliphatic heterocycles. The van der Waals surface area contributed by atoms with E-state index < -0.39 is 12.8 Å². The molecular formula is C19H27F3N2O2. The first-order chi connectivity index (χ1) is 12.3. The molecule has 4 nitrogen and oxygen atoms in total. The topological polar surface area (TPSA) is 64.4 Å². The molecule has 1 aromatic carbocycles. The van der Waals surface area contributed by atoms with Crippen LogP contribution in [-0.2, 0) is 22.7 Å². The third kappa shape index (κ3) is 6.96. The monoisotopic (exact) mass is 372 g/mol. The quantitative estimate of drug-likeness (QED) is 0.732. The third-order valence-electron chi connectivity index (χ3n) is 4.93. The molecule has 1 saturated carbocycles. The van der Waals surface area contributed by atoms with Gasteiger partial charge < -0.3 is 15.8 Å². The molecule has 0 aromatic heterocycles. The van der Waals surface area contributed by atoms with Gasteiger partial charge in [-0.1, -0.05) is 43.5 Å². The predicted molar refractivity (Wildman–Crippen MR) is 93.2 cm³/mol. The van der Waals surface area contributed by atoms with E-state index in [-0.39, 0.29) is 17.9 Å². The summed E-state index contributed by atoms with van der Waals surface area (Å²) in [7, 11) is 0. The minimum Gasteiger partial charge on any atom is -0.367 e. The number of halogens is 3. The Morgan fingerprint density at radius 1 is 1.12 bits per heavy atom. The molecule has 0 radical (unpaired) electrons. The zero-order valence-electron chi connectivity index (χ0n) is 14.9. The molecule has 0 saturated heterocycles. The van der Waals surface area contributed by atoms with Crippen LogP contribution in [0.3, 0.4) is 0 Å². The SMILES string of the molecule is NCC1(CC(=O)NCc2ccc(COCC(F)(F)F)cc2)CCCCC1. The standard InChI is InChI=1S/C19H27F3N2O2/c20-19(21,22)14-26-12-16-6-4-15(5-7-16)11-24-17(25)10-18(13-23)8-2-1-3-9-18/h4-7H,1-3,8-14,23H2,(H,24,25). The molecule has 0 bridgehead atoms. The molecule has 7 heteroatoms. The van der Waals surface area contributed by atoms with Crippen LogP contribution in [-0.4, -0.2) is 25.2 Å². The number of alkyl halides is 3. The highest BCUT2D eigenvalue weighted by molar-refractivity contribution is 5.76. The molecule has 1 aliphatic rings. The first kappa shape index (κ1) is 20.7. The fourth-order valence-electron chi connectivity index (χ4n) is 3.40. The van der Waals surface area contributed by atoms with Crippen LogP contribution in [0.25, 0.3) is 0 Å². The average molecular weight is 372 g/mol. The first-order valence-electron chi connectivity index (χ1n) is 9.01. The number of rotatable bonds is 8. The van der Waals surface area contributed by atoms with Crippen LogP contribution in [0, 0.1) is 5.41 Å². The Morgan fingerprint density at radius 3 is 2.31 bits per heavy atom. The maximum atomic E-state index is 12.3. The van der Waals surface area contributed by atoms with Crippen LogP contribution < -0.4 is 11.1 Å². The number of nitrogens with two attached hydrogens (primary N) is 1. The number of ether oxygens (including phenoxy) is 1. The third-order valence-corrected chi connectivity index (χ3v) is 4.93. The fraction of sp³-hybridized carbons (Fsp3) is 0.632. The molecule has 3 N–H and O–H groups in total. The Morgan fingerprint density at radius 2 is 1.73 bits per heavy atom. The zero-order valence-corrected chi connectivity index (χ0v) is 14.9. The van der Waals surface area contributed by atoms with E-state index in [9.17, 15) is 18.0 Å². The molecule has 146 valence electrons. The maximum absolute atomic E-state index is 12.3. The van der Waals surface area contributed by atoms with Gasteiger partial charge in [0.25, 0.3) is 0 Å². The Bertz CT molecular complexity index is 567. The van der Waals surface area contributed by atoms with Crippen molar-refractivity contribution in [2.45, 2.75) is 57.9 Å². The lowest BCUT2D eigenvalue weighted by Crippen LogP contribution is -2.38. The number of hydrogen-bond acceptors (Lipinski definition) is 3. The molecule has 1 fully saturated rings. The van der Waals surface area contributed by atoms with Crippen molar-refractivity contribution < 1.29 is 22.7 Å². The van der Waals surface area contributed by atoms with Gasteiger partial charge in [-0.2, -0.15) is 13.2 Å². The summed E-state index contributed by atoms with van der Waals surface area (Å²) in [5.74, 6) is -0.00469. The second kappa shape index (κ2) is 9.37.